The second-order valence-corrected chi connectivity index (χ2v) is 7.00. The SMILES string of the molecule is CC(=O)N1CCN(S(C)(=O)=O)CC(C(=O)N(C)C)C1. The van der Waals surface area contributed by atoms with Crippen molar-refractivity contribution in [2.24, 2.45) is 5.92 Å². The van der Waals surface area contributed by atoms with Crippen molar-refractivity contribution in [3.05, 3.63) is 0 Å². The summed E-state index contributed by atoms with van der Waals surface area (Å²) in [7, 11) is -0.124. The van der Waals surface area contributed by atoms with Crippen molar-refractivity contribution >= 4 is 21.8 Å². The van der Waals surface area contributed by atoms with E-state index >= 15 is 0 Å². The van der Waals surface area contributed by atoms with Crippen molar-refractivity contribution in [1.29, 1.82) is 0 Å². The molecule has 1 aliphatic rings. The van der Waals surface area contributed by atoms with Gasteiger partial charge >= 0.3 is 0 Å². The minimum absolute atomic E-state index is 0.125. The summed E-state index contributed by atoms with van der Waals surface area (Å²) in [6.45, 7) is 2.36. The van der Waals surface area contributed by atoms with Crippen LogP contribution in [0.15, 0.2) is 0 Å². The van der Waals surface area contributed by atoms with E-state index in [1.807, 2.05) is 0 Å². The highest BCUT2D eigenvalue weighted by Crippen LogP contribution is 2.14. The van der Waals surface area contributed by atoms with Gasteiger partial charge in [-0.05, 0) is 0 Å². The fraction of sp³-hybridized carbons (Fsp3) is 0.818. The van der Waals surface area contributed by atoms with E-state index in [0.29, 0.717) is 6.54 Å². The van der Waals surface area contributed by atoms with Crippen LogP contribution in [0.3, 0.4) is 0 Å². The van der Waals surface area contributed by atoms with Gasteiger partial charge in [0.15, 0.2) is 0 Å². The maximum atomic E-state index is 12.1. The van der Waals surface area contributed by atoms with Gasteiger partial charge in [0.05, 0.1) is 12.2 Å². The molecule has 0 spiro atoms. The number of carbonyl (C=O) groups excluding carboxylic acids is 2. The van der Waals surface area contributed by atoms with Crippen LogP contribution in [0.5, 0.6) is 0 Å². The number of hydrogen-bond acceptors (Lipinski definition) is 4. The van der Waals surface area contributed by atoms with E-state index in [2.05, 4.69) is 0 Å². The largest absolute Gasteiger partial charge is 0.348 e. The Balaban J connectivity index is 2.98. The molecule has 0 N–H and O–H groups in total. The van der Waals surface area contributed by atoms with Gasteiger partial charge in [-0.2, -0.15) is 4.31 Å². The van der Waals surface area contributed by atoms with Crippen LogP contribution < -0.4 is 0 Å². The minimum Gasteiger partial charge on any atom is -0.348 e. The topological polar surface area (TPSA) is 78.0 Å². The first-order valence-corrected chi connectivity index (χ1v) is 7.89. The molecule has 1 aliphatic heterocycles. The molecule has 2 amide bonds. The Hall–Kier alpha value is -1.15. The number of nitrogens with zero attached hydrogens (tertiary/aromatic N) is 3. The fourth-order valence-corrected chi connectivity index (χ4v) is 2.96. The number of rotatable bonds is 2. The summed E-state index contributed by atoms with van der Waals surface area (Å²) in [4.78, 5) is 26.5. The molecule has 1 saturated heterocycles. The third-order valence-electron chi connectivity index (χ3n) is 3.19. The van der Waals surface area contributed by atoms with Gasteiger partial charge in [-0.15, -0.1) is 0 Å². The van der Waals surface area contributed by atoms with E-state index in [1.165, 1.54) is 21.0 Å². The van der Waals surface area contributed by atoms with Gasteiger partial charge in [0.1, 0.15) is 0 Å². The van der Waals surface area contributed by atoms with Crippen molar-refractivity contribution in [3.63, 3.8) is 0 Å². The average molecular weight is 291 g/mol. The zero-order valence-electron chi connectivity index (χ0n) is 11.8. The second-order valence-electron chi connectivity index (χ2n) is 5.02. The van der Waals surface area contributed by atoms with Crippen LogP contribution >= 0.6 is 0 Å². The maximum Gasteiger partial charge on any atom is 0.228 e. The molecule has 0 saturated carbocycles. The van der Waals surface area contributed by atoms with E-state index in [0.717, 1.165) is 6.26 Å². The predicted octanol–water partition coefficient (Wildman–Crippen LogP) is -1.19. The summed E-state index contributed by atoms with van der Waals surface area (Å²) < 4.78 is 24.6. The van der Waals surface area contributed by atoms with Crippen molar-refractivity contribution in [2.45, 2.75) is 6.92 Å². The highest BCUT2D eigenvalue weighted by Gasteiger charge is 2.33. The molecule has 1 heterocycles. The Bertz CT molecular complexity index is 461. The van der Waals surface area contributed by atoms with Crippen LogP contribution in [0.1, 0.15) is 6.92 Å². The van der Waals surface area contributed by atoms with Crippen molar-refractivity contribution in [3.8, 4) is 0 Å². The van der Waals surface area contributed by atoms with Crippen molar-refractivity contribution < 1.29 is 18.0 Å². The van der Waals surface area contributed by atoms with Crippen LogP contribution in [0.25, 0.3) is 0 Å². The molecule has 8 heteroatoms. The van der Waals surface area contributed by atoms with Crippen LogP contribution in [-0.2, 0) is 19.6 Å². The standard InChI is InChI=1S/C11H21N3O4S/c1-9(15)13-5-6-14(19(4,17)18)8-10(7-13)11(16)12(2)3/h10H,5-8H2,1-4H3. The molecule has 1 unspecified atom stereocenters. The van der Waals surface area contributed by atoms with Gasteiger partial charge in [0.25, 0.3) is 0 Å². The monoisotopic (exact) mass is 291 g/mol. The molecule has 0 aromatic heterocycles. The van der Waals surface area contributed by atoms with Crippen LogP contribution in [0.4, 0.5) is 0 Å². The quantitative estimate of drug-likeness (QED) is 0.641. The molecule has 19 heavy (non-hydrogen) atoms. The van der Waals surface area contributed by atoms with E-state index in [-0.39, 0.29) is 31.4 Å². The Kier molecular flexibility index (Phi) is 4.92. The van der Waals surface area contributed by atoms with E-state index in [9.17, 15) is 18.0 Å². The summed E-state index contributed by atoms with van der Waals surface area (Å²) >= 11 is 0. The summed E-state index contributed by atoms with van der Waals surface area (Å²) in [6, 6.07) is 0. The molecule has 1 fully saturated rings. The maximum absolute atomic E-state index is 12.1. The molecule has 0 aromatic carbocycles. The number of amides is 2. The second kappa shape index (κ2) is 5.87. The first kappa shape index (κ1) is 15.9. The predicted molar refractivity (Wildman–Crippen MR) is 70.9 cm³/mol. The summed E-state index contributed by atoms with van der Waals surface area (Å²) in [5.74, 6) is -0.829. The van der Waals surface area contributed by atoms with Gasteiger partial charge in [-0.1, -0.05) is 0 Å². The van der Waals surface area contributed by atoms with Crippen LogP contribution in [0.2, 0.25) is 0 Å². The van der Waals surface area contributed by atoms with E-state index in [4.69, 9.17) is 0 Å². The van der Waals surface area contributed by atoms with Gasteiger partial charge in [-0.25, -0.2) is 8.42 Å². The van der Waals surface area contributed by atoms with Gasteiger partial charge in [-0.3, -0.25) is 9.59 Å². The Morgan fingerprint density at radius 2 is 1.74 bits per heavy atom. The van der Waals surface area contributed by atoms with Crippen LogP contribution in [0, 0.1) is 5.92 Å². The molecule has 0 radical (unpaired) electrons. The van der Waals surface area contributed by atoms with Crippen LogP contribution in [-0.4, -0.2) is 80.9 Å². The highest BCUT2D eigenvalue weighted by atomic mass is 32.2. The lowest BCUT2D eigenvalue weighted by Gasteiger charge is -2.24. The highest BCUT2D eigenvalue weighted by molar-refractivity contribution is 7.88. The zero-order valence-corrected chi connectivity index (χ0v) is 12.6. The average Bonchev–Trinajstić information content (AvgIpc) is 2.49. The molecule has 1 atom stereocenters. The normalized spacial score (nSPS) is 21.9. The smallest absolute Gasteiger partial charge is 0.228 e. The Morgan fingerprint density at radius 1 is 1.16 bits per heavy atom. The zero-order chi connectivity index (χ0) is 14.8. The first-order valence-electron chi connectivity index (χ1n) is 6.04. The molecule has 0 aliphatic carbocycles. The first-order chi connectivity index (χ1) is 8.62. The van der Waals surface area contributed by atoms with Crippen molar-refractivity contribution in [1.82, 2.24) is 14.1 Å². The molecule has 0 bridgehead atoms. The molecular weight excluding hydrogens is 270 g/mol. The van der Waals surface area contributed by atoms with Gasteiger partial charge in [0.2, 0.25) is 21.8 Å². The number of carbonyl (C=O) groups is 2. The summed E-state index contributed by atoms with van der Waals surface area (Å²) in [5, 5.41) is 0. The Labute approximate surface area is 114 Å². The third-order valence-corrected chi connectivity index (χ3v) is 4.46. The molecule has 7 nitrogen and oxygen atoms in total. The van der Waals surface area contributed by atoms with Gasteiger partial charge in [0, 0.05) is 47.2 Å². The lowest BCUT2D eigenvalue weighted by Crippen LogP contribution is -2.42. The summed E-state index contributed by atoms with van der Waals surface area (Å²) in [5.41, 5.74) is 0. The third kappa shape index (κ3) is 4.17. The van der Waals surface area contributed by atoms with E-state index < -0.39 is 15.9 Å². The van der Waals surface area contributed by atoms with E-state index in [1.54, 1.807) is 14.1 Å². The lowest BCUT2D eigenvalue weighted by atomic mass is 10.1. The molecule has 110 valence electrons. The number of hydrogen-bond donors (Lipinski definition) is 0. The number of sulfonamides is 1. The Morgan fingerprint density at radius 3 is 2.16 bits per heavy atom. The summed E-state index contributed by atoms with van der Waals surface area (Å²) in [6.07, 6.45) is 1.12. The van der Waals surface area contributed by atoms with Gasteiger partial charge < -0.3 is 9.80 Å². The molecular formula is C11H21N3O4S. The molecule has 0 aromatic rings. The fourth-order valence-electron chi connectivity index (χ4n) is 2.09. The van der Waals surface area contributed by atoms with Crippen molar-refractivity contribution in [2.75, 3.05) is 46.5 Å². The lowest BCUT2D eigenvalue weighted by molar-refractivity contribution is -0.135. The minimum atomic E-state index is -3.37. The molecule has 1 rings (SSSR count).